The molecule has 0 fully saturated rings. The summed E-state index contributed by atoms with van der Waals surface area (Å²) in [7, 11) is 0. The molecule has 120 valence electrons. The van der Waals surface area contributed by atoms with E-state index in [0.29, 0.717) is 6.54 Å². The maximum absolute atomic E-state index is 12.0. The minimum atomic E-state index is 0.0251. The van der Waals surface area contributed by atoms with Gasteiger partial charge < -0.3 is 4.57 Å². The third-order valence-electron chi connectivity index (χ3n) is 4.01. The molecule has 0 saturated heterocycles. The average Bonchev–Trinajstić information content (AvgIpc) is 2.62. The Labute approximate surface area is 142 Å². The molecule has 1 heterocycles. The Morgan fingerprint density at radius 2 is 1.33 bits per heavy atom. The van der Waals surface area contributed by atoms with E-state index in [4.69, 9.17) is 0 Å². The van der Waals surface area contributed by atoms with Crippen LogP contribution in [0.5, 0.6) is 0 Å². The number of hydrogen-bond donors (Lipinski definition) is 0. The third-order valence-corrected chi connectivity index (χ3v) is 4.01. The molecule has 0 spiro atoms. The summed E-state index contributed by atoms with van der Waals surface area (Å²) < 4.78 is 1.74. The van der Waals surface area contributed by atoms with Gasteiger partial charge in [-0.15, -0.1) is 0 Å². The van der Waals surface area contributed by atoms with Crippen LogP contribution in [0.3, 0.4) is 0 Å². The molecule has 0 amide bonds. The van der Waals surface area contributed by atoms with Gasteiger partial charge in [-0.3, -0.25) is 4.79 Å². The van der Waals surface area contributed by atoms with Gasteiger partial charge >= 0.3 is 0 Å². The Balaban J connectivity index is 1.91. The van der Waals surface area contributed by atoms with Crippen LogP contribution in [0.15, 0.2) is 89.4 Å². The van der Waals surface area contributed by atoms with Crippen LogP contribution in [0.2, 0.25) is 0 Å². The van der Waals surface area contributed by atoms with Gasteiger partial charge in [0.05, 0.1) is 0 Å². The average molecular weight is 315 g/mol. The molecule has 2 nitrogen and oxygen atoms in total. The van der Waals surface area contributed by atoms with Crippen molar-refractivity contribution in [1.82, 2.24) is 4.57 Å². The molecule has 2 aromatic carbocycles. The first-order valence-corrected chi connectivity index (χ1v) is 8.13. The highest BCUT2D eigenvalue weighted by molar-refractivity contribution is 5.69. The molecule has 0 aliphatic heterocycles. The molecule has 0 unspecified atom stereocenters. The molecule has 0 radical (unpaired) electrons. The third kappa shape index (κ3) is 3.72. The molecular formula is C22H21NO. The Kier molecular flexibility index (Phi) is 4.76. The quantitative estimate of drug-likeness (QED) is 0.610. The van der Waals surface area contributed by atoms with Gasteiger partial charge in [-0.2, -0.15) is 0 Å². The number of hydrogen-bond acceptors (Lipinski definition) is 1. The number of nitrogens with zero attached hydrogens (tertiary/aromatic N) is 1. The summed E-state index contributed by atoms with van der Waals surface area (Å²) in [5, 5.41) is 0. The molecule has 0 N–H and O–H groups in total. The zero-order chi connectivity index (χ0) is 16.9. The lowest BCUT2D eigenvalue weighted by Gasteiger charge is -2.08. The van der Waals surface area contributed by atoms with Crippen molar-refractivity contribution in [3.63, 3.8) is 0 Å². The number of rotatable bonds is 4. The first-order chi connectivity index (χ1) is 11.6. The second-order valence-corrected chi connectivity index (χ2v) is 6.13. The van der Waals surface area contributed by atoms with E-state index in [9.17, 15) is 4.79 Å². The number of pyridine rings is 1. The van der Waals surface area contributed by atoms with Gasteiger partial charge in [-0.1, -0.05) is 66.2 Å². The van der Waals surface area contributed by atoms with Crippen molar-refractivity contribution in [1.29, 1.82) is 0 Å². The van der Waals surface area contributed by atoms with E-state index in [-0.39, 0.29) is 5.56 Å². The Bertz CT molecular complexity index is 899. The predicted octanol–water partition coefficient (Wildman–Crippen LogP) is 5.15. The predicted molar refractivity (Wildman–Crippen MR) is 101 cm³/mol. The second kappa shape index (κ2) is 7.14. The van der Waals surface area contributed by atoms with E-state index in [1.807, 2.05) is 44.3 Å². The van der Waals surface area contributed by atoms with Crippen molar-refractivity contribution in [2.45, 2.75) is 20.4 Å². The molecule has 0 atom stereocenters. The lowest BCUT2D eigenvalue weighted by Crippen LogP contribution is -2.17. The molecule has 3 aromatic rings. The van der Waals surface area contributed by atoms with Gasteiger partial charge in [-0.05, 0) is 42.2 Å². The zero-order valence-electron chi connectivity index (χ0n) is 14.1. The van der Waals surface area contributed by atoms with Gasteiger partial charge in [0.25, 0.3) is 5.56 Å². The molecular weight excluding hydrogens is 294 g/mol. The fourth-order valence-corrected chi connectivity index (χ4v) is 2.61. The van der Waals surface area contributed by atoms with Crippen LogP contribution in [-0.2, 0) is 6.54 Å². The van der Waals surface area contributed by atoms with Crippen molar-refractivity contribution in [3.8, 4) is 22.3 Å². The Morgan fingerprint density at radius 3 is 1.96 bits per heavy atom. The van der Waals surface area contributed by atoms with Gasteiger partial charge in [-0.25, -0.2) is 0 Å². The van der Waals surface area contributed by atoms with Gasteiger partial charge in [0, 0.05) is 18.8 Å². The maximum atomic E-state index is 12.0. The largest absolute Gasteiger partial charge is 0.311 e. The van der Waals surface area contributed by atoms with Crippen molar-refractivity contribution in [3.05, 3.63) is 94.9 Å². The maximum Gasteiger partial charge on any atom is 0.250 e. The molecule has 3 rings (SSSR count). The highest BCUT2D eigenvalue weighted by atomic mass is 16.1. The summed E-state index contributed by atoms with van der Waals surface area (Å²) in [4.78, 5) is 12.0. The number of aromatic nitrogens is 1. The van der Waals surface area contributed by atoms with Gasteiger partial charge in [0.1, 0.15) is 0 Å². The van der Waals surface area contributed by atoms with E-state index in [2.05, 4.69) is 42.5 Å². The highest BCUT2D eigenvalue weighted by Gasteiger charge is 2.02. The van der Waals surface area contributed by atoms with Crippen LogP contribution < -0.4 is 5.56 Å². The Hall–Kier alpha value is -2.87. The van der Waals surface area contributed by atoms with E-state index in [0.717, 1.165) is 11.1 Å². The molecule has 0 saturated carbocycles. The molecule has 0 aliphatic rings. The molecule has 1 aromatic heterocycles. The van der Waals surface area contributed by atoms with Crippen LogP contribution in [0.25, 0.3) is 22.3 Å². The summed E-state index contributed by atoms with van der Waals surface area (Å²) in [6.45, 7) is 4.69. The smallest absolute Gasteiger partial charge is 0.250 e. The molecule has 24 heavy (non-hydrogen) atoms. The van der Waals surface area contributed by atoms with Crippen LogP contribution in [0.1, 0.15) is 13.8 Å². The van der Waals surface area contributed by atoms with E-state index in [1.54, 1.807) is 10.6 Å². The van der Waals surface area contributed by atoms with Crippen molar-refractivity contribution < 1.29 is 0 Å². The van der Waals surface area contributed by atoms with Crippen molar-refractivity contribution >= 4 is 0 Å². The van der Waals surface area contributed by atoms with Gasteiger partial charge in [0.15, 0.2) is 0 Å². The monoisotopic (exact) mass is 315 g/mol. The minimum absolute atomic E-state index is 0.0251. The number of allylic oxidation sites excluding steroid dienone is 2. The normalized spacial score (nSPS) is 10.4. The van der Waals surface area contributed by atoms with E-state index in [1.165, 1.54) is 16.7 Å². The molecule has 0 aliphatic carbocycles. The van der Waals surface area contributed by atoms with Crippen molar-refractivity contribution in [2.75, 3.05) is 0 Å². The Morgan fingerprint density at radius 1 is 0.792 bits per heavy atom. The van der Waals surface area contributed by atoms with Crippen LogP contribution in [-0.4, -0.2) is 4.57 Å². The highest BCUT2D eigenvalue weighted by Crippen LogP contribution is 2.24. The molecule has 0 bridgehead atoms. The standard InChI is InChI=1S/C22H21NO/c1-17(2)14-15-23-16-21(12-13-22(23)24)20-10-8-19(9-11-20)18-6-4-3-5-7-18/h3-14,16H,15H2,1-2H3. The SMILES string of the molecule is CC(C)=CCn1cc(-c2ccc(-c3ccccc3)cc2)ccc1=O. The van der Waals surface area contributed by atoms with Crippen LogP contribution in [0.4, 0.5) is 0 Å². The second-order valence-electron chi connectivity index (χ2n) is 6.13. The lowest BCUT2D eigenvalue weighted by molar-refractivity contribution is 0.776. The molecule has 2 heteroatoms. The minimum Gasteiger partial charge on any atom is -0.311 e. The lowest BCUT2D eigenvalue weighted by atomic mass is 10.0. The van der Waals surface area contributed by atoms with Crippen LogP contribution >= 0.6 is 0 Å². The van der Waals surface area contributed by atoms with Crippen molar-refractivity contribution in [2.24, 2.45) is 0 Å². The first-order valence-electron chi connectivity index (χ1n) is 8.13. The van der Waals surface area contributed by atoms with E-state index >= 15 is 0 Å². The summed E-state index contributed by atoms with van der Waals surface area (Å²) >= 11 is 0. The summed E-state index contributed by atoms with van der Waals surface area (Å²) in [6, 6.07) is 22.3. The van der Waals surface area contributed by atoms with Crippen LogP contribution in [0, 0.1) is 0 Å². The first kappa shape index (κ1) is 16.0. The summed E-state index contributed by atoms with van der Waals surface area (Å²) in [6.07, 6.45) is 3.99. The summed E-state index contributed by atoms with van der Waals surface area (Å²) in [5.74, 6) is 0. The fourth-order valence-electron chi connectivity index (χ4n) is 2.61. The fraction of sp³-hybridized carbons (Fsp3) is 0.136. The van der Waals surface area contributed by atoms with Gasteiger partial charge in [0.2, 0.25) is 0 Å². The zero-order valence-corrected chi connectivity index (χ0v) is 14.1. The topological polar surface area (TPSA) is 22.0 Å². The van der Waals surface area contributed by atoms with E-state index < -0.39 is 0 Å². The summed E-state index contributed by atoms with van der Waals surface area (Å²) in [5.41, 5.74) is 5.79. The number of benzene rings is 2.